The van der Waals surface area contributed by atoms with Crippen molar-refractivity contribution in [2.24, 2.45) is 10.9 Å². The van der Waals surface area contributed by atoms with Crippen LogP contribution in [0.5, 0.6) is 0 Å². The molecule has 1 aromatic rings. The molecule has 0 aliphatic rings. The number of hydrogen-bond donors (Lipinski definition) is 3. The summed E-state index contributed by atoms with van der Waals surface area (Å²) in [7, 11) is 0. The zero-order valence-electron chi connectivity index (χ0n) is 10.0. The van der Waals surface area contributed by atoms with E-state index in [2.05, 4.69) is 10.5 Å². The van der Waals surface area contributed by atoms with Crippen LogP contribution in [0.2, 0.25) is 0 Å². The first-order valence-electron chi connectivity index (χ1n) is 5.57. The normalized spacial score (nSPS) is 15.6. The zero-order chi connectivity index (χ0) is 12.8. The molecule has 4 nitrogen and oxygen atoms in total. The number of benzene rings is 1. The van der Waals surface area contributed by atoms with Crippen molar-refractivity contribution in [2.75, 3.05) is 0 Å². The average Bonchev–Trinajstić information content (AvgIpc) is 2.34. The van der Waals surface area contributed by atoms with Gasteiger partial charge in [0.05, 0.1) is 6.04 Å². The molecule has 2 atom stereocenters. The molecule has 94 valence electrons. The number of amidine groups is 1. The van der Waals surface area contributed by atoms with E-state index in [9.17, 15) is 4.39 Å². The predicted molar refractivity (Wildman–Crippen MR) is 65.4 cm³/mol. The van der Waals surface area contributed by atoms with Crippen LogP contribution in [0.4, 0.5) is 4.39 Å². The van der Waals surface area contributed by atoms with Crippen molar-refractivity contribution in [2.45, 2.75) is 32.4 Å². The van der Waals surface area contributed by atoms with Crippen LogP contribution >= 0.6 is 0 Å². The number of nitrogens with zero attached hydrogens (tertiary/aromatic N) is 1. The average molecular weight is 239 g/mol. The van der Waals surface area contributed by atoms with E-state index >= 15 is 0 Å². The molecular formula is C12H18FN3O. The second kappa shape index (κ2) is 6.20. The van der Waals surface area contributed by atoms with Gasteiger partial charge in [-0.2, -0.15) is 0 Å². The summed E-state index contributed by atoms with van der Waals surface area (Å²) in [5.74, 6) is -0.135. The van der Waals surface area contributed by atoms with Crippen molar-refractivity contribution in [3.8, 4) is 0 Å². The van der Waals surface area contributed by atoms with Crippen LogP contribution in [0.15, 0.2) is 29.4 Å². The van der Waals surface area contributed by atoms with E-state index in [1.54, 1.807) is 6.07 Å². The summed E-state index contributed by atoms with van der Waals surface area (Å²) < 4.78 is 13.1. The maximum atomic E-state index is 13.1. The second-order valence-electron chi connectivity index (χ2n) is 3.93. The monoisotopic (exact) mass is 239 g/mol. The summed E-state index contributed by atoms with van der Waals surface area (Å²) in [4.78, 5) is 0. The fraction of sp³-hybridized carbons (Fsp3) is 0.417. The first-order chi connectivity index (χ1) is 8.08. The number of nitrogens with two attached hydrogens (primary N) is 1. The Kier molecular flexibility index (Phi) is 4.90. The second-order valence-corrected chi connectivity index (χ2v) is 3.93. The largest absolute Gasteiger partial charge is 0.409 e. The van der Waals surface area contributed by atoms with Gasteiger partial charge in [0.25, 0.3) is 0 Å². The van der Waals surface area contributed by atoms with Gasteiger partial charge < -0.3 is 16.3 Å². The van der Waals surface area contributed by atoms with Gasteiger partial charge in [-0.05, 0) is 31.0 Å². The highest BCUT2D eigenvalue weighted by molar-refractivity contribution is 5.85. The Morgan fingerprint density at radius 1 is 1.59 bits per heavy atom. The quantitative estimate of drug-likeness (QED) is 0.318. The first-order valence-corrected chi connectivity index (χ1v) is 5.57. The predicted octanol–water partition coefficient (Wildman–Crippen LogP) is 2.00. The van der Waals surface area contributed by atoms with Crippen LogP contribution < -0.4 is 11.1 Å². The lowest BCUT2D eigenvalue weighted by Gasteiger charge is -2.21. The summed E-state index contributed by atoms with van der Waals surface area (Å²) in [5, 5.41) is 14.8. The molecule has 0 aliphatic heterocycles. The van der Waals surface area contributed by atoms with E-state index in [1.165, 1.54) is 12.1 Å². The van der Waals surface area contributed by atoms with E-state index in [1.807, 2.05) is 19.9 Å². The molecule has 0 bridgehead atoms. The highest BCUT2D eigenvalue weighted by Gasteiger charge is 2.15. The summed E-state index contributed by atoms with van der Waals surface area (Å²) >= 11 is 0. The number of hydrogen-bond acceptors (Lipinski definition) is 3. The molecule has 17 heavy (non-hydrogen) atoms. The van der Waals surface area contributed by atoms with Gasteiger partial charge in [-0.25, -0.2) is 4.39 Å². The third-order valence-electron chi connectivity index (χ3n) is 2.68. The smallest absolute Gasteiger partial charge is 0.156 e. The van der Waals surface area contributed by atoms with Gasteiger partial charge >= 0.3 is 0 Å². The van der Waals surface area contributed by atoms with Crippen molar-refractivity contribution in [1.29, 1.82) is 0 Å². The van der Waals surface area contributed by atoms with Crippen molar-refractivity contribution in [1.82, 2.24) is 5.32 Å². The Hall–Kier alpha value is -1.62. The van der Waals surface area contributed by atoms with Gasteiger partial charge in [-0.3, -0.25) is 0 Å². The minimum Gasteiger partial charge on any atom is -0.409 e. The minimum absolute atomic E-state index is 0.0732. The fourth-order valence-corrected chi connectivity index (χ4v) is 1.66. The lowest BCUT2D eigenvalue weighted by Crippen LogP contribution is -2.42. The molecule has 0 saturated carbocycles. The maximum absolute atomic E-state index is 13.1. The Morgan fingerprint density at radius 3 is 2.82 bits per heavy atom. The molecule has 1 rings (SSSR count). The highest BCUT2D eigenvalue weighted by Crippen LogP contribution is 2.14. The number of nitrogens with one attached hydrogen (secondary N) is 1. The van der Waals surface area contributed by atoms with Gasteiger partial charge in [0, 0.05) is 6.04 Å². The van der Waals surface area contributed by atoms with E-state index in [0.29, 0.717) is 6.42 Å². The molecule has 0 aliphatic carbocycles. The molecule has 4 N–H and O–H groups in total. The molecule has 0 radical (unpaired) electrons. The van der Waals surface area contributed by atoms with Crippen LogP contribution in [0, 0.1) is 5.82 Å². The van der Waals surface area contributed by atoms with Gasteiger partial charge in [-0.15, -0.1) is 0 Å². The molecule has 0 spiro atoms. The van der Waals surface area contributed by atoms with Crippen LogP contribution in [-0.2, 0) is 0 Å². The molecule has 0 fully saturated rings. The highest BCUT2D eigenvalue weighted by atomic mass is 19.1. The molecule has 0 heterocycles. The molecule has 0 saturated heterocycles. The Bertz CT molecular complexity index is 395. The molecule has 5 heteroatoms. The van der Waals surface area contributed by atoms with E-state index in [4.69, 9.17) is 10.9 Å². The van der Waals surface area contributed by atoms with Gasteiger partial charge in [0.15, 0.2) is 5.84 Å². The fourth-order valence-electron chi connectivity index (χ4n) is 1.66. The van der Waals surface area contributed by atoms with Gasteiger partial charge in [0.2, 0.25) is 0 Å². The maximum Gasteiger partial charge on any atom is 0.156 e. The van der Waals surface area contributed by atoms with Crippen LogP contribution in [-0.4, -0.2) is 17.1 Å². The lowest BCUT2D eigenvalue weighted by atomic mass is 10.1. The third-order valence-corrected chi connectivity index (χ3v) is 2.68. The molecule has 0 amide bonds. The summed E-state index contributed by atoms with van der Waals surface area (Å²) in [6, 6.07) is 6.06. The Labute approximate surface area is 100 Å². The van der Waals surface area contributed by atoms with Crippen molar-refractivity contribution < 1.29 is 9.60 Å². The van der Waals surface area contributed by atoms with E-state index in [-0.39, 0.29) is 23.7 Å². The van der Waals surface area contributed by atoms with Crippen LogP contribution in [0.25, 0.3) is 0 Å². The van der Waals surface area contributed by atoms with Crippen LogP contribution in [0.3, 0.4) is 0 Å². The molecule has 2 unspecified atom stereocenters. The molecule has 0 aromatic heterocycles. The SMILES string of the molecule is CCC(NC(C)c1cccc(F)c1)C(N)=NO. The summed E-state index contributed by atoms with van der Waals surface area (Å²) in [5.41, 5.74) is 6.38. The van der Waals surface area contributed by atoms with Gasteiger partial charge in [-0.1, -0.05) is 24.2 Å². The standard InChI is InChI=1S/C12H18FN3O/c1-3-11(12(14)16-17)15-8(2)9-5-4-6-10(13)7-9/h4-8,11,15,17H,3H2,1-2H3,(H2,14,16). The number of oxime groups is 1. The van der Waals surface area contributed by atoms with Gasteiger partial charge in [0.1, 0.15) is 5.82 Å². The van der Waals surface area contributed by atoms with Crippen molar-refractivity contribution in [3.05, 3.63) is 35.6 Å². The Balaban J connectivity index is 2.74. The summed E-state index contributed by atoms with van der Waals surface area (Å²) in [6.45, 7) is 3.83. The number of rotatable bonds is 5. The molecular weight excluding hydrogens is 221 g/mol. The Morgan fingerprint density at radius 2 is 2.29 bits per heavy atom. The molecule has 1 aromatic carbocycles. The van der Waals surface area contributed by atoms with Crippen molar-refractivity contribution >= 4 is 5.84 Å². The van der Waals surface area contributed by atoms with Crippen molar-refractivity contribution in [3.63, 3.8) is 0 Å². The lowest BCUT2D eigenvalue weighted by molar-refractivity contribution is 0.313. The van der Waals surface area contributed by atoms with E-state index in [0.717, 1.165) is 5.56 Å². The van der Waals surface area contributed by atoms with Crippen LogP contribution in [0.1, 0.15) is 31.9 Å². The zero-order valence-corrected chi connectivity index (χ0v) is 10.0. The minimum atomic E-state index is -0.270. The third kappa shape index (κ3) is 3.71. The topological polar surface area (TPSA) is 70.6 Å². The summed E-state index contributed by atoms with van der Waals surface area (Å²) in [6.07, 6.45) is 0.690. The number of halogens is 1. The first kappa shape index (κ1) is 13.4. The van der Waals surface area contributed by atoms with E-state index < -0.39 is 0 Å².